The van der Waals surface area contributed by atoms with Gasteiger partial charge in [-0.2, -0.15) is 0 Å². The summed E-state index contributed by atoms with van der Waals surface area (Å²) in [4.78, 5) is 27.5. The Bertz CT molecular complexity index is 815. The zero-order valence-corrected chi connectivity index (χ0v) is 16.2. The maximum Gasteiger partial charge on any atom is 0.311 e. The van der Waals surface area contributed by atoms with Gasteiger partial charge in [0.05, 0.1) is 18.6 Å². The maximum atomic E-state index is 11.9. The van der Waals surface area contributed by atoms with Crippen LogP contribution in [0.4, 0.5) is 0 Å². The number of aliphatic carboxylic acids is 1. The lowest BCUT2D eigenvalue weighted by Gasteiger charge is -2.29. The van der Waals surface area contributed by atoms with Gasteiger partial charge in [0.15, 0.2) is 0 Å². The van der Waals surface area contributed by atoms with E-state index in [1.807, 2.05) is 6.07 Å². The lowest BCUT2D eigenvalue weighted by Crippen LogP contribution is -2.38. The average Bonchev–Trinajstić information content (AvgIpc) is 3.06. The Morgan fingerprint density at radius 3 is 2.89 bits per heavy atom. The second-order valence-corrected chi connectivity index (χ2v) is 6.97. The Morgan fingerprint density at radius 1 is 1.36 bits per heavy atom. The number of carboxylic acids is 1. The van der Waals surface area contributed by atoms with Crippen LogP contribution in [0.1, 0.15) is 51.0 Å². The van der Waals surface area contributed by atoms with Gasteiger partial charge >= 0.3 is 11.9 Å². The quantitative estimate of drug-likeness (QED) is 0.309. The Kier molecular flexibility index (Phi) is 6.46. The summed E-state index contributed by atoms with van der Waals surface area (Å²) in [5, 5.41) is 16.6. The molecule has 2 atom stereocenters. The van der Waals surface area contributed by atoms with Crippen LogP contribution in [0.15, 0.2) is 28.9 Å². The molecule has 28 heavy (non-hydrogen) atoms. The van der Waals surface area contributed by atoms with Crippen LogP contribution in [0.3, 0.4) is 0 Å². The second kappa shape index (κ2) is 9.01. The van der Waals surface area contributed by atoms with Crippen LogP contribution in [-0.2, 0) is 14.4 Å². The highest BCUT2D eigenvalue weighted by atomic mass is 16.6. The minimum Gasteiger partial charge on any atom is -0.481 e. The van der Waals surface area contributed by atoms with Gasteiger partial charge in [-0.05, 0) is 54.5 Å². The third-order valence-electron chi connectivity index (χ3n) is 5.10. The first-order valence-corrected chi connectivity index (χ1v) is 9.55. The zero-order valence-electron chi connectivity index (χ0n) is 16.2. The highest BCUT2D eigenvalue weighted by Crippen LogP contribution is 2.39. The summed E-state index contributed by atoms with van der Waals surface area (Å²) in [6.07, 6.45) is 3.36. The number of benzene rings is 1. The fourth-order valence-electron chi connectivity index (χ4n) is 3.91. The lowest BCUT2D eigenvalue weighted by atomic mass is 9.86. The predicted molar refractivity (Wildman–Crippen MR) is 104 cm³/mol. The van der Waals surface area contributed by atoms with Gasteiger partial charge in [0.2, 0.25) is 0 Å². The molecule has 1 aromatic carbocycles. The SMILES string of the molecule is CCC(=NOC)C1=C(c2cc[c]c(OC(=O)CCC(=O)O)c2)CC2CC[C@@H]1N2. The van der Waals surface area contributed by atoms with E-state index in [9.17, 15) is 9.59 Å². The standard InChI is InChI=1S/C21H25N2O5/c1-3-17(23-27-2)21-16(12-14-7-8-18(21)22-14)13-5-4-6-15(11-13)28-20(26)10-9-19(24)25/h4-5,11,14,18,22H,3,7-10,12H2,1-2H3,(H,24,25)/t14?,18-/m0/s1. The summed E-state index contributed by atoms with van der Waals surface area (Å²) < 4.78 is 5.28. The first-order chi connectivity index (χ1) is 13.5. The third-order valence-corrected chi connectivity index (χ3v) is 5.10. The van der Waals surface area contributed by atoms with Crippen LogP contribution < -0.4 is 10.1 Å². The number of nitrogens with zero attached hydrogens (tertiary/aromatic N) is 1. The molecule has 1 aromatic rings. The molecule has 2 aliphatic rings. The number of fused-ring (bicyclic) bond motifs is 2. The number of carbonyl (C=O) groups excluding carboxylic acids is 1. The van der Waals surface area contributed by atoms with E-state index in [4.69, 9.17) is 14.7 Å². The molecule has 0 amide bonds. The number of rotatable bonds is 8. The Labute approximate surface area is 164 Å². The second-order valence-electron chi connectivity index (χ2n) is 6.97. The van der Waals surface area contributed by atoms with Crippen molar-refractivity contribution >= 4 is 23.2 Å². The topological polar surface area (TPSA) is 97.2 Å². The molecule has 7 heteroatoms. The van der Waals surface area contributed by atoms with Crippen molar-refractivity contribution in [1.82, 2.24) is 5.32 Å². The number of oxime groups is 1. The van der Waals surface area contributed by atoms with Gasteiger partial charge in [-0.1, -0.05) is 18.1 Å². The Morgan fingerprint density at radius 2 is 2.18 bits per heavy atom. The first kappa shape index (κ1) is 20.1. The fourth-order valence-corrected chi connectivity index (χ4v) is 3.91. The molecule has 0 spiro atoms. The monoisotopic (exact) mass is 385 g/mol. The summed E-state index contributed by atoms with van der Waals surface area (Å²) in [6.45, 7) is 2.05. The van der Waals surface area contributed by atoms with Crippen LogP contribution in [0.2, 0.25) is 0 Å². The number of carboxylic acid groups (broad SMARTS) is 1. The van der Waals surface area contributed by atoms with Gasteiger partial charge in [0.1, 0.15) is 12.9 Å². The van der Waals surface area contributed by atoms with Crippen LogP contribution in [0.25, 0.3) is 5.57 Å². The van der Waals surface area contributed by atoms with Crippen LogP contribution in [0, 0.1) is 6.07 Å². The van der Waals surface area contributed by atoms with Crippen molar-refractivity contribution in [3.63, 3.8) is 0 Å². The molecule has 1 radical (unpaired) electrons. The van der Waals surface area contributed by atoms with E-state index >= 15 is 0 Å². The van der Waals surface area contributed by atoms with Crippen LogP contribution in [-0.4, -0.2) is 42.0 Å². The lowest BCUT2D eigenvalue weighted by molar-refractivity contribution is -0.142. The Hall–Kier alpha value is -2.67. The molecule has 1 saturated heterocycles. The normalized spacial score (nSPS) is 21.6. The summed E-state index contributed by atoms with van der Waals surface area (Å²) in [5.41, 5.74) is 4.22. The van der Waals surface area contributed by atoms with E-state index < -0.39 is 11.9 Å². The highest BCUT2D eigenvalue weighted by molar-refractivity contribution is 6.07. The number of hydrogen-bond acceptors (Lipinski definition) is 6. The van der Waals surface area contributed by atoms with Gasteiger partial charge in [-0.25, -0.2) is 0 Å². The molecule has 1 fully saturated rings. The van der Waals surface area contributed by atoms with E-state index in [1.165, 1.54) is 5.57 Å². The molecule has 1 unspecified atom stereocenters. The van der Waals surface area contributed by atoms with Crippen molar-refractivity contribution in [2.24, 2.45) is 5.16 Å². The third kappa shape index (κ3) is 4.59. The smallest absolute Gasteiger partial charge is 0.311 e. The zero-order chi connectivity index (χ0) is 20.1. The number of hydrogen-bond donors (Lipinski definition) is 2. The summed E-state index contributed by atoms with van der Waals surface area (Å²) in [7, 11) is 1.55. The minimum absolute atomic E-state index is 0.171. The van der Waals surface area contributed by atoms with Crippen molar-refractivity contribution in [1.29, 1.82) is 0 Å². The van der Waals surface area contributed by atoms with E-state index in [0.717, 1.165) is 42.5 Å². The van der Waals surface area contributed by atoms with Crippen molar-refractivity contribution in [3.05, 3.63) is 35.4 Å². The van der Waals surface area contributed by atoms with Crippen molar-refractivity contribution in [2.75, 3.05) is 7.11 Å². The van der Waals surface area contributed by atoms with Crippen LogP contribution in [0.5, 0.6) is 5.75 Å². The molecule has 149 valence electrons. The molecular formula is C21H25N2O5. The van der Waals surface area contributed by atoms with Crippen molar-refractivity contribution < 1.29 is 24.3 Å². The molecule has 0 aromatic heterocycles. The fraction of sp³-hybridized carbons (Fsp3) is 0.476. The number of esters is 1. The molecule has 2 aliphatic heterocycles. The first-order valence-electron chi connectivity index (χ1n) is 9.55. The average molecular weight is 385 g/mol. The molecule has 7 nitrogen and oxygen atoms in total. The number of nitrogens with one attached hydrogen (secondary N) is 1. The molecule has 2 N–H and O–H groups in total. The van der Waals surface area contributed by atoms with Crippen LogP contribution >= 0.6 is 0 Å². The number of ether oxygens (including phenoxy) is 1. The summed E-state index contributed by atoms with van der Waals surface area (Å²) in [6, 6.07) is 9.04. The summed E-state index contributed by atoms with van der Waals surface area (Å²) >= 11 is 0. The molecule has 2 heterocycles. The van der Waals surface area contributed by atoms with Gasteiger partial charge in [0.25, 0.3) is 0 Å². The minimum atomic E-state index is -1.03. The molecular weight excluding hydrogens is 360 g/mol. The van der Waals surface area contributed by atoms with Crippen molar-refractivity contribution in [3.8, 4) is 5.75 Å². The van der Waals surface area contributed by atoms with E-state index in [-0.39, 0.29) is 18.9 Å². The van der Waals surface area contributed by atoms with E-state index in [0.29, 0.717) is 11.8 Å². The molecule has 3 rings (SSSR count). The summed E-state index contributed by atoms with van der Waals surface area (Å²) in [5.74, 6) is -1.31. The molecule has 0 saturated carbocycles. The van der Waals surface area contributed by atoms with E-state index in [1.54, 1.807) is 19.2 Å². The predicted octanol–water partition coefficient (Wildman–Crippen LogP) is 2.95. The molecule has 0 aliphatic carbocycles. The van der Waals surface area contributed by atoms with Gasteiger partial charge in [-0.15, -0.1) is 0 Å². The molecule has 2 bridgehead atoms. The van der Waals surface area contributed by atoms with Gasteiger partial charge in [-0.3, -0.25) is 9.59 Å². The van der Waals surface area contributed by atoms with Gasteiger partial charge < -0.3 is 20.0 Å². The highest BCUT2D eigenvalue weighted by Gasteiger charge is 2.36. The van der Waals surface area contributed by atoms with E-state index in [2.05, 4.69) is 23.5 Å². The Balaban J connectivity index is 1.90. The maximum absolute atomic E-state index is 11.9. The number of carbonyl (C=O) groups is 2. The van der Waals surface area contributed by atoms with Gasteiger partial charge in [0, 0.05) is 18.2 Å². The van der Waals surface area contributed by atoms with Crippen molar-refractivity contribution in [2.45, 2.75) is 57.5 Å². The largest absolute Gasteiger partial charge is 0.481 e.